The molecule has 0 aliphatic heterocycles. The molecule has 1 atom stereocenters. The number of nitrogens with zero attached hydrogens (tertiary/aromatic N) is 1. The molecule has 0 spiro atoms. The summed E-state index contributed by atoms with van der Waals surface area (Å²) in [6.45, 7) is 4.36. The molecule has 106 valence electrons. The molecular weight excluding hydrogens is 295 g/mol. The van der Waals surface area contributed by atoms with E-state index >= 15 is 0 Å². The van der Waals surface area contributed by atoms with E-state index in [0.29, 0.717) is 22.3 Å². The molecule has 0 aliphatic carbocycles. The summed E-state index contributed by atoms with van der Waals surface area (Å²) in [7, 11) is 0. The number of rotatable bonds is 4. The zero-order valence-electron chi connectivity index (χ0n) is 11.3. The molecule has 1 unspecified atom stereocenters. The van der Waals surface area contributed by atoms with Crippen molar-refractivity contribution in [2.24, 2.45) is 0 Å². The molecule has 0 fully saturated rings. The van der Waals surface area contributed by atoms with Crippen molar-refractivity contribution in [1.29, 1.82) is 0 Å². The first-order chi connectivity index (χ1) is 9.47. The zero-order valence-corrected chi connectivity index (χ0v) is 12.8. The second-order valence-electron chi connectivity index (χ2n) is 4.69. The van der Waals surface area contributed by atoms with E-state index < -0.39 is 0 Å². The number of hydrogen-bond donors (Lipinski definition) is 2. The molecule has 1 aromatic carbocycles. The highest BCUT2D eigenvalue weighted by atomic mass is 35.5. The topological polar surface area (TPSA) is 45.1 Å². The fraction of sp³-hybridized carbons (Fsp3) is 0.267. The first kappa shape index (κ1) is 15.1. The highest BCUT2D eigenvalue weighted by molar-refractivity contribution is 6.35. The van der Waals surface area contributed by atoms with Gasteiger partial charge >= 0.3 is 0 Å². The maximum absolute atomic E-state index is 9.76. The average molecular weight is 311 g/mol. The Kier molecular flexibility index (Phi) is 4.86. The number of aromatic hydroxyl groups is 1. The Hall–Kier alpha value is -1.29. The van der Waals surface area contributed by atoms with Crippen molar-refractivity contribution in [2.45, 2.75) is 26.4 Å². The van der Waals surface area contributed by atoms with Gasteiger partial charge < -0.3 is 10.4 Å². The third-order valence-corrected chi connectivity index (χ3v) is 3.66. The van der Waals surface area contributed by atoms with Crippen LogP contribution in [0.15, 0.2) is 30.3 Å². The van der Waals surface area contributed by atoms with Crippen LogP contribution in [-0.4, -0.2) is 10.1 Å². The van der Waals surface area contributed by atoms with E-state index in [-0.39, 0.29) is 11.8 Å². The van der Waals surface area contributed by atoms with E-state index in [4.69, 9.17) is 23.2 Å². The molecule has 1 heterocycles. The first-order valence-corrected chi connectivity index (χ1v) is 7.07. The molecule has 1 aromatic heterocycles. The lowest BCUT2D eigenvalue weighted by atomic mass is 10.1. The molecule has 0 amide bonds. The van der Waals surface area contributed by atoms with E-state index in [1.165, 1.54) is 0 Å². The van der Waals surface area contributed by atoms with Gasteiger partial charge in [0.25, 0.3) is 0 Å². The Bertz CT molecular complexity index is 617. The largest absolute Gasteiger partial charge is 0.506 e. The van der Waals surface area contributed by atoms with Crippen LogP contribution in [0.25, 0.3) is 0 Å². The average Bonchev–Trinajstić information content (AvgIpc) is 2.39. The molecule has 2 aromatic rings. The minimum atomic E-state index is 0.0291. The summed E-state index contributed by atoms with van der Waals surface area (Å²) in [5, 5.41) is 14.3. The van der Waals surface area contributed by atoms with E-state index in [0.717, 1.165) is 11.3 Å². The fourth-order valence-corrected chi connectivity index (χ4v) is 2.52. The Labute approximate surface area is 128 Å². The number of nitrogens with one attached hydrogen (secondary N) is 1. The summed E-state index contributed by atoms with van der Waals surface area (Å²) >= 11 is 12.1. The van der Waals surface area contributed by atoms with Crippen molar-refractivity contribution in [3.8, 4) is 5.75 Å². The number of aromatic nitrogens is 1. The van der Waals surface area contributed by atoms with Crippen molar-refractivity contribution in [3.63, 3.8) is 0 Å². The van der Waals surface area contributed by atoms with Crippen LogP contribution in [0.2, 0.25) is 10.0 Å². The Morgan fingerprint density at radius 1 is 1.25 bits per heavy atom. The van der Waals surface area contributed by atoms with Gasteiger partial charge in [-0.25, -0.2) is 0 Å². The lowest BCUT2D eigenvalue weighted by molar-refractivity contribution is 0.454. The normalized spacial score (nSPS) is 12.4. The predicted molar refractivity (Wildman–Crippen MR) is 82.4 cm³/mol. The number of halogens is 2. The van der Waals surface area contributed by atoms with Crippen molar-refractivity contribution in [2.75, 3.05) is 0 Å². The van der Waals surface area contributed by atoms with Crippen molar-refractivity contribution in [3.05, 3.63) is 57.3 Å². The Morgan fingerprint density at radius 2 is 2.00 bits per heavy atom. The monoisotopic (exact) mass is 310 g/mol. The van der Waals surface area contributed by atoms with Gasteiger partial charge in [0.2, 0.25) is 0 Å². The molecule has 0 radical (unpaired) electrons. The van der Waals surface area contributed by atoms with Crippen molar-refractivity contribution in [1.82, 2.24) is 10.3 Å². The summed E-state index contributed by atoms with van der Waals surface area (Å²) in [4.78, 5) is 4.31. The van der Waals surface area contributed by atoms with Crippen LogP contribution < -0.4 is 5.32 Å². The summed E-state index contributed by atoms with van der Waals surface area (Å²) in [5.74, 6) is 0.192. The highest BCUT2D eigenvalue weighted by Crippen LogP contribution is 2.26. The van der Waals surface area contributed by atoms with Gasteiger partial charge in [-0.1, -0.05) is 29.3 Å². The number of benzene rings is 1. The van der Waals surface area contributed by atoms with Crippen LogP contribution in [0, 0.1) is 6.92 Å². The SMILES string of the molecule is Cc1ccc(O)c(CNC(C)c2ccc(Cl)cc2Cl)n1. The van der Waals surface area contributed by atoms with Gasteiger partial charge in [-0.15, -0.1) is 0 Å². The minimum absolute atomic E-state index is 0.0291. The van der Waals surface area contributed by atoms with Crippen molar-refractivity contribution < 1.29 is 5.11 Å². The molecular formula is C15H16Cl2N2O. The number of aryl methyl sites for hydroxylation is 1. The minimum Gasteiger partial charge on any atom is -0.506 e. The van der Waals surface area contributed by atoms with Crippen LogP contribution in [0.5, 0.6) is 5.75 Å². The highest BCUT2D eigenvalue weighted by Gasteiger charge is 2.11. The summed E-state index contributed by atoms with van der Waals surface area (Å²) in [6.07, 6.45) is 0. The first-order valence-electron chi connectivity index (χ1n) is 6.31. The molecule has 0 aliphatic rings. The molecule has 0 bridgehead atoms. The Balaban J connectivity index is 2.08. The molecule has 5 heteroatoms. The van der Waals surface area contributed by atoms with E-state index in [2.05, 4.69) is 10.3 Å². The molecule has 2 rings (SSSR count). The Morgan fingerprint density at radius 3 is 2.70 bits per heavy atom. The number of pyridine rings is 1. The van der Waals surface area contributed by atoms with Crippen LogP contribution >= 0.6 is 23.2 Å². The third kappa shape index (κ3) is 3.63. The van der Waals surface area contributed by atoms with Gasteiger partial charge in [0.15, 0.2) is 0 Å². The van der Waals surface area contributed by atoms with E-state index in [1.54, 1.807) is 18.2 Å². The lowest BCUT2D eigenvalue weighted by Gasteiger charge is -2.16. The molecule has 20 heavy (non-hydrogen) atoms. The number of hydrogen-bond acceptors (Lipinski definition) is 3. The van der Waals surface area contributed by atoms with Crippen LogP contribution in [0.4, 0.5) is 0 Å². The molecule has 0 saturated carbocycles. The maximum Gasteiger partial charge on any atom is 0.138 e. The standard InChI is InChI=1S/C15H16Cl2N2O/c1-9-3-6-15(20)14(19-9)8-18-10(2)12-5-4-11(16)7-13(12)17/h3-7,10,18,20H,8H2,1-2H3. The molecule has 3 nitrogen and oxygen atoms in total. The van der Waals surface area contributed by atoms with Crippen molar-refractivity contribution >= 4 is 23.2 Å². The predicted octanol–water partition coefficient (Wildman–Crippen LogP) is 4.25. The van der Waals surface area contributed by atoms with Gasteiger partial charge in [0.05, 0.1) is 5.69 Å². The van der Waals surface area contributed by atoms with Crippen LogP contribution in [0.3, 0.4) is 0 Å². The fourth-order valence-electron chi connectivity index (χ4n) is 1.95. The van der Waals surface area contributed by atoms with Crippen LogP contribution in [-0.2, 0) is 6.54 Å². The summed E-state index contributed by atoms with van der Waals surface area (Å²) < 4.78 is 0. The van der Waals surface area contributed by atoms with Gasteiger partial charge in [0.1, 0.15) is 5.75 Å². The molecule has 0 saturated heterocycles. The van der Waals surface area contributed by atoms with Gasteiger partial charge in [0, 0.05) is 28.3 Å². The summed E-state index contributed by atoms with van der Waals surface area (Å²) in [5.41, 5.74) is 2.46. The quantitative estimate of drug-likeness (QED) is 0.887. The second kappa shape index (κ2) is 6.44. The lowest BCUT2D eigenvalue weighted by Crippen LogP contribution is -2.19. The zero-order chi connectivity index (χ0) is 14.7. The van der Waals surface area contributed by atoms with Gasteiger partial charge in [-0.05, 0) is 43.7 Å². The van der Waals surface area contributed by atoms with Gasteiger partial charge in [-0.3, -0.25) is 4.98 Å². The second-order valence-corrected chi connectivity index (χ2v) is 5.53. The smallest absolute Gasteiger partial charge is 0.138 e. The third-order valence-electron chi connectivity index (χ3n) is 3.09. The van der Waals surface area contributed by atoms with E-state index in [9.17, 15) is 5.11 Å². The summed E-state index contributed by atoms with van der Waals surface area (Å²) in [6, 6.07) is 8.88. The maximum atomic E-state index is 9.76. The van der Waals surface area contributed by atoms with E-state index in [1.807, 2.05) is 26.0 Å². The van der Waals surface area contributed by atoms with Gasteiger partial charge in [-0.2, -0.15) is 0 Å². The van der Waals surface area contributed by atoms with Crippen LogP contribution in [0.1, 0.15) is 29.9 Å². The molecule has 2 N–H and O–H groups in total.